The van der Waals surface area contributed by atoms with Crippen LogP contribution in [0, 0.1) is 13.8 Å². The SMILES string of the molecule is Cc1ccc(N2CCN(C(=O)c3nnn(-c4ccc(Cl)cc4)c3C)CC2)cc1. The molecule has 0 radical (unpaired) electrons. The number of benzene rings is 2. The van der Waals surface area contributed by atoms with E-state index in [2.05, 4.69) is 46.4 Å². The van der Waals surface area contributed by atoms with E-state index in [0.29, 0.717) is 23.8 Å². The lowest BCUT2D eigenvalue weighted by Crippen LogP contribution is -2.49. The van der Waals surface area contributed by atoms with Crippen LogP contribution < -0.4 is 4.90 Å². The second-order valence-corrected chi connectivity index (χ2v) is 7.46. The summed E-state index contributed by atoms with van der Waals surface area (Å²) in [5, 5.41) is 8.98. The molecule has 4 rings (SSSR count). The molecule has 0 bridgehead atoms. The zero-order chi connectivity index (χ0) is 19.7. The third-order valence-electron chi connectivity index (χ3n) is 5.13. The van der Waals surface area contributed by atoms with Gasteiger partial charge in [0, 0.05) is 36.9 Å². The monoisotopic (exact) mass is 395 g/mol. The van der Waals surface area contributed by atoms with E-state index in [1.54, 1.807) is 16.8 Å². The molecule has 1 fully saturated rings. The van der Waals surface area contributed by atoms with Crippen LogP contribution in [0.5, 0.6) is 0 Å². The van der Waals surface area contributed by atoms with Crippen molar-refractivity contribution in [3.05, 3.63) is 70.5 Å². The largest absolute Gasteiger partial charge is 0.368 e. The van der Waals surface area contributed by atoms with Gasteiger partial charge in [-0.1, -0.05) is 34.5 Å². The zero-order valence-electron chi connectivity index (χ0n) is 16.0. The lowest BCUT2D eigenvalue weighted by atomic mass is 10.2. The predicted octanol–water partition coefficient (Wildman–Crippen LogP) is 3.50. The van der Waals surface area contributed by atoms with Crippen LogP contribution in [0.1, 0.15) is 21.7 Å². The number of amides is 1. The molecule has 0 saturated carbocycles. The second-order valence-electron chi connectivity index (χ2n) is 7.03. The summed E-state index contributed by atoms with van der Waals surface area (Å²) >= 11 is 5.95. The molecule has 7 heteroatoms. The Morgan fingerprint density at radius 1 is 0.893 bits per heavy atom. The molecule has 2 aromatic carbocycles. The van der Waals surface area contributed by atoms with Gasteiger partial charge in [-0.25, -0.2) is 4.68 Å². The minimum atomic E-state index is -0.0683. The summed E-state index contributed by atoms with van der Waals surface area (Å²) in [5.41, 5.74) is 4.41. The number of carbonyl (C=O) groups excluding carboxylic acids is 1. The average Bonchev–Trinajstić information content (AvgIpc) is 3.10. The molecule has 0 unspecified atom stereocenters. The van der Waals surface area contributed by atoms with Gasteiger partial charge in [-0.05, 0) is 50.2 Å². The Bertz CT molecular complexity index is 973. The van der Waals surface area contributed by atoms with Gasteiger partial charge in [0.15, 0.2) is 5.69 Å². The fraction of sp³-hybridized carbons (Fsp3) is 0.286. The normalized spacial score (nSPS) is 14.4. The van der Waals surface area contributed by atoms with Crippen molar-refractivity contribution in [2.75, 3.05) is 31.1 Å². The molecule has 6 nitrogen and oxygen atoms in total. The molecule has 144 valence electrons. The van der Waals surface area contributed by atoms with Gasteiger partial charge in [0.1, 0.15) is 0 Å². The van der Waals surface area contributed by atoms with Crippen molar-refractivity contribution in [1.82, 2.24) is 19.9 Å². The maximum Gasteiger partial charge on any atom is 0.276 e. The van der Waals surface area contributed by atoms with Gasteiger partial charge in [-0.15, -0.1) is 5.10 Å². The summed E-state index contributed by atoms with van der Waals surface area (Å²) in [6.07, 6.45) is 0. The Morgan fingerprint density at radius 2 is 1.50 bits per heavy atom. The Kier molecular flexibility index (Phi) is 5.05. The lowest BCUT2D eigenvalue weighted by Gasteiger charge is -2.35. The van der Waals surface area contributed by atoms with Gasteiger partial charge in [-0.3, -0.25) is 4.79 Å². The lowest BCUT2D eigenvalue weighted by molar-refractivity contribution is 0.0740. The number of rotatable bonds is 3. The molecule has 1 saturated heterocycles. The van der Waals surface area contributed by atoms with Crippen LogP contribution in [-0.2, 0) is 0 Å². The predicted molar refractivity (Wildman–Crippen MR) is 110 cm³/mol. The minimum absolute atomic E-state index is 0.0683. The highest BCUT2D eigenvalue weighted by atomic mass is 35.5. The fourth-order valence-electron chi connectivity index (χ4n) is 3.43. The molecule has 0 spiro atoms. The molecule has 0 N–H and O–H groups in total. The smallest absolute Gasteiger partial charge is 0.276 e. The van der Waals surface area contributed by atoms with Crippen LogP contribution >= 0.6 is 11.6 Å². The van der Waals surface area contributed by atoms with Crippen molar-refractivity contribution in [1.29, 1.82) is 0 Å². The van der Waals surface area contributed by atoms with E-state index >= 15 is 0 Å². The molecule has 2 heterocycles. The number of carbonyl (C=O) groups is 1. The summed E-state index contributed by atoms with van der Waals surface area (Å²) < 4.78 is 1.67. The molecule has 1 amide bonds. The van der Waals surface area contributed by atoms with Crippen LogP contribution in [0.15, 0.2) is 48.5 Å². The number of aromatic nitrogens is 3. The van der Waals surface area contributed by atoms with Gasteiger partial charge in [0.05, 0.1) is 11.4 Å². The number of piperazine rings is 1. The van der Waals surface area contributed by atoms with Crippen LogP contribution in [0.2, 0.25) is 5.02 Å². The highest BCUT2D eigenvalue weighted by Gasteiger charge is 2.26. The summed E-state index contributed by atoms with van der Waals surface area (Å²) in [6, 6.07) is 15.8. The van der Waals surface area contributed by atoms with Gasteiger partial charge in [-0.2, -0.15) is 0 Å². The first-order valence-electron chi connectivity index (χ1n) is 9.32. The van der Waals surface area contributed by atoms with Crippen molar-refractivity contribution >= 4 is 23.2 Å². The van der Waals surface area contributed by atoms with Crippen LogP contribution in [-0.4, -0.2) is 52.0 Å². The quantitative estimate of drug-likeness (QED) is 0.681. The standard InChI is InChI=1S/C21H22ClN5O/c1-15-3-7-18(8-4-15)25-11-13-26(14-12-25)21(28)20-16(2)27(24-23-20)19-9-5-17(22)6-10-19/h3-10H,11-14H2,1-2H3. The fourth-order valence-corrected chi connectivity index (χ4v) is 3.55. The van der Waals surface area contributed by atoms with Crippen LogP contribution in [0.4, 0.5) is 5.69 Å². The van der Waals surface area contributed by atoms with Gasteiger partial charge in [0.25, 0.3) is 5.91 Å². The average molecular weight is 396 g/mol. The Balaban J connectivity index is 1.46. The molecule has 28 heavy (non-hydrogen) atoms. The van der Waals surface area contributed by atoms with E-state index in [0.717, 1.165) is 24.5 Å². The second kappa shape index (κ2) is 7.64. The summed E-state index contributed by atoms with van der Waals surface area (Å²) in [6.45, 7) is 6.89. The number of halogens is 1. The summed E-state index contributed by atoms with van der Waals surface area (Å²) in [4.78, 5) is 17.1. The molecular formula is C21H22ClN5O. The highest BCUT2D eigenvalue weighted by Crippen LogP contribution is 2.20. The number of nitrogens with zero attached hydrogens (tertiary/aromatic N) is 5. The van der Waals surface area contributed by atoms with E-state index in [4.69, 9.17) is 11.6 Å². The van der Waals surface area contributed by atoms with Crippen molar-refractivity contribution in [2.24, 2.45) is 0 Å². The van der Waals surface area contributed by atoms with Crippen LogP contribution in [0.25, 0.3) is 5.69 Å². The van der Waals surface area contributed by atoms with Crippen molar-refractivity contribution in [3.8, 4) is 5.69 Å². The van der Waals surface area contributed by atoms with E-state index in [1.165, 1.54) is 11.3 Å². The molecule has 1 aliphatic heterocycles. The molecular weight excluding hydrogens is 374 g/mol. The Hall–Kier alpha value is -2.86. The maximum absolute atomic E-state index is 13.0. The van der Waals surface area contributed by atoms with Gasteiger partial charge in [0.2, 0.25) is 0 Å². The molecule has 0 atom stereocenters. The summed E-state index contributed by atoms with van der Waals surface area (Å²) in [7, 11) is 0. The first kappa shape index (κ1) is 18.5. The zero-order valence-corrected chi connectivity index (χ0v) is 16.7. The first-order chi connectivity index (χ1) is 13.5. The van der Waals surface area contributed by atoms with Crippen molar-refractivity contribution < 1.29 is 4.79 Å². The van der Waals surface area contributed by atoms with Gasteiger partial charge < -0.3 is 9.80 Å². The minimum Gasteiger partial charge on any atom is -0.368 e. The summed E-state index contributed by atoms with van der Waals surface area (Å²) in [5.74, 6) is -0.0683. The maximum atomic E-state index is 13.0. The number of anilines is 1. The van der Waals surface area contributed by atoms with Crippen molar-refractivity contribution in [2.45, 2.75) is 13.8 Å². The van der Waals surface area contributed by atoms with E-state index < -0.39 is 0 Å². The van der Waals surface area contributed by atoms with E-state index in [-0.39, 0.29) is 5.91 Å². The highest BCUT2D eigenvalue weighted by molar-refractivity contribution is 6.30. The van der Waals surface area contributed by atoms with Gasteiger partial charge >= 0.3 is 0 Å². The molecule has 1 aromatic heterocycles. The van der Waals surface area contributed by atoms with Crippen molar-refractivity contribution in [3.63, 3.8) is 0 Å². The number of aryl methyl sites for hydroxylation is 1. The number of hydrogen-bond acceptors (Lipinski definition) is 4. The topological polar surface area (TPSA) is 54.3 Å². The Labute approximate surface area is 169 Å². The third-order valence-corrected chi connectivity index (χ3v) is 5.39. The molecule has 0 aliphatic carbocycles. The van der Waals surface area contributed by atoms with E-state index in [1.807, 2.05) is 24.0 Å². The first-order valence-corrected chi connectivity index (χ1v) is 9.70. The number of hydrogen-bond donors (Lipinski definition) is 0. The third kappa shape index (κ3) is 3.60. The van der Waals surface area contributed by atoms with E-state index in [9.17, 15) is 4.79 Å². The Morgan fingerprint density at radius 3 is 2.14 bits per heavy atom. The molecule has 3 aromatic rings. The molecule has 1 aliphatic rings. The van der Waals surface area contributed by atoms with Crippen LogP contribution in [0.3, 0.4) is 0 Å².